The van der Waals surface area contributed by atoms with E-state index in [1.807, 2.05) is 36.4 Å². The number of carbonyl (C=O) groups excluding carboxylic acids is 2. The van der Waals surface area contributed by atoms with Crippen LogP contribution in [0.1, 0.15) is 33.6 Å². The van der Waals surface area contributed by atoms with Crippen molar-refractivity contribution in [2.45, 2.75) is 12.8 Å². The highest BCUT2D eigenvalue weighted by atomic mass is 35.5. The van der Waals surface area contributed by atoms with Gasteiger partial charge in [0.05, 0.1) is 0 Å². The average Bonchev–Trinajstić information content (AvgIpc) is 2.57. The molecule has 0 aliphatic carbocycles. The third-order valence-corrected chi connectivity index (χ3v) is 3.21. The van der Waals surface area contributed by atoms with Crippen LogP contribution in [-0.2, 0) is 0 Å². The highest BCUT2D eigenvalue weighted by Crippen LogP contribution is 2.03. The van der Waals surface area contributed by atoms with Crippen molar-refractivity contribution < 1.29 is 9.59 Å². The van der Waals surface area contributed by atoms with Gasteiger partial charge in [-0.25, -0.2) is 0 Å². The lowest BCUT2D eigenvalue weighted by Gasteiger charge is -1.95. The van der Waals surface area contributed by atoms with Crippen molar-refractivity contribution in [2.24, 2.45) is 0 Å². The first-order valence-electron chi connectivity index (χ1n) is 6.97. The van der Waals surface area contributed by atoms with E-state index in [9.17, 15) is 9.59 Å². The fourth-order valence-electron chi connectivity index (χ4n) is 1.71. The van der Waals surface area contributed by atoms with Crippen LogP contribution in [0.15, 0.2) is 60.7 Å². The smallest absolute Gasteiger partial charge is 0.164 e. The molecule has 0 bridgehead atoms. The maximum absolute atomic E-state index is 11.2. The number of benzene rings is 2. The van der Waals surface area contributed by atoms with Gasteiger partial charge in [-0.15, -0.1) is 23.2 Å². The number of ketones is 2. The second kappa shape index (κ2) is 11.0. The molecule has 2 aromatic rings. The highest BCUT2D eigenvalue weighted by Gasteiger charge is 2.02. The molecule has 0 radical (unpaired) electrons. The molecule has 2 aromatic carbocycles. The third kappa shape index (κ3) is 6.88. The van der Waals surface area contributed by atoms with Crippen molar-refractivity contribution in [1.82, 2.24) is 0 Å². The van der Waals surface area contributed by atoms with Gasteiger partial charge < -0.3 is 0 Å². The monoisotopic (exact) mass is 336 g/mol. The van der Waals surface area contributed by atoms with E-state index < -0.39 is 0 Å². The first-order valence-corrected chi connectivity index (χ1v) is 8.04. The minimum absolute atomic E-state index is 0.112. The minimum atomic E-state index is 0.112. The lowest BCUT2D eigenvalue weighted by Crippen LogP contribution is -1.98. The van der Waals surface area contributed by atoms with Gasteiger partial charge in [-0.05, 0) is 0 Å². The SMILES string of the molecule is O=C(CCCl)c1ccccc1.O=C(CCCl)c1ccccc1. The summed E-state index contributed by atoms with van der Waals surface area (Å²) in [4.78, 5) is 22.3. The van der Waals surface area contributed by atoms with Crippen LogP contribution in [-0.4, -0.2) is 23.3 Å². The number of carbonyl (C=O) groups is 2. The van der Waals surface area contributed by atoms with E-state index in [-0.39, 0.29) is 11.6 Å². The summed E-state index contributed by atoms with van der Waals surface area (Å²) in [6.45, 7) is 0. The topological polar surface area (TPSA) is 34.1 Å². The number of alkyl halides is 2. The minimum Gasteiger partial charge on any atom is -0.294 e. The van der Waals surface area contributed by atoms with Crippen LogP contribution < -0.4 is 0 Å². The first kappa shape index (κ1) is 18.4. The Bertz CT molecular complexity index is 515. The summed E-state index contributed by atoms with van der Waals surface area (Å²) < 4.78 is 0. The van der Waals surface area contributed by atoms with Gasteiger partial charge in [0.25, 0.3) is 0 Å². The van der Waals surface area contributed by atoms with Crippen LogP contribution in [0.4, 0.5) is 0 Å². The molecule has 0 spiro atoms. The van der Waals surface area contributed by atoms with Crippen LogP contribution in [0.5, 0.6) is 0 Å². The molecule has 22 heavy (non-hydrogen) atoms. The Morgan fingerprint density at radius 2 is 0.955 bits per heavy atom. The molecule has 0 heterocycles. The molecule has 2 nitrogen and oxygen atoms in total. The van der Waals surface area contributed by atoms with Crippen molar-refractivity contribution >= 4 is 34.8 Å². The molecule has 2 rings (SSSR count). The predicted molar refractivity (Wildman–Crippen MR) is 92.2 cm³/mol. The molecule has 0 aromatic heterocycles. The van der Waals surface area contributed by atoms with Gasteiger partial charge in [-0.3, -0.25) is 9.59 Å². The summed E-state index contributed by atoms with van der Waals surface area (Å²) in [5, 5.41) is 0. The second-order valence-corrected chi connectivity index (χ2v) is 5.21. The molecule has 0 atom stereocenters. The molecule has 0 saturated carbocycles. The van der Waals surface area contributed by atoms with Crippen LogP contribution in [0.2, 0.25) is 0 Å². The summed E-state index contributed by atoms with van der Waals surface area (Å²) in [6, 6.07) is 18.4. The lowest BCUT2D eigenvalue weighted by atomic mass is 10.1. The summed E-state index contributed by atoms with van der Waals surface area (Å²) >= 11 is 10.9. The largest absolute Gasteiger partial charge is 0.294 e. The Morgan fingerprint density at radius 1 is 0.636 bits per heavy atom. The van der Waals surface area contributed by atoms with Crippen molar-refractivity contribution in [3.05, 3.63) is 71.8 Å². The van der Waals surface area contributed by atoms with Gasteiger partial charge in [0.2, 0.25) is 0 Å². The van der Waals surface area contributed by atoms with Gasteiger partial charge in [-0.1, -0.05) is 60.7 Å². The maximum Gasteiger partial charge on any atom is 0.164 e. The molecule has 0 aliphatic rings. The van der Waals surface area contributed by atoms with E-state index in [0.717, 1.165) is 11.1 Å². The number of hydrogen-bond acceptors (Lipinski definition) is 2. The molecule has 0 unspecified atom stereocenters. The van der Waals surface area contributed by atoms with Crippen molar-refractivity contribution in [3.63, 3.8) is 0 Å². The molecular weight excluding hydrogens is 319 g/mol. The van der Waals surface area contributed by atoms with Gasteiger partial charge in [0, 0.05) is 35.7 Å². The Kier molecular flexibility index (Phi) is 9.20. The van der Waals surface area contributed by atoms with E-state index in [0.29, 0.717) is 24.6 Å². The summed E-state index contributed by atoms with van der Waals surface area (Å²) in [5.41, 5.74) is 1.49. The summed E-state index contributed by atoms with van der Waals surface area (Å²) in [6.07, 6.45) is 0.844. The second-order valence-electron chi connectivity index (χ2n) is 4.46. The van der Waals surface area contributed by atoms with Crippen molar-refractivity contribution in [2.75, 3.05) is 11.8 Å². The first-order chi connectivity index (χ1) is 10.7. The Morgan fingerprint density at radius 3 is 1.23 bits per heavy atom. The standard InChI is InChI=1S/2C9H9ClO/c2*10-7-6-9(11)8-4-2-1-3-5-8/h2*1-5H,6-7H2. The Labute approximate surface area is 141 Å². The van der Waals surface area contributed by atoms with Gasteiger partial charge in [0.15, 0.2) is 11.6 Å². The van der Waals surface area contributed by atoms with Crippen LogP contribution in [0.25, 0.3) is 0 Å². The molecule has 0 N–H and O–H groups in total. The number of Topliss-reactive ketones (excluding diaryl/α,β-unsaturated/α-hetero) is 2. The fourth-order valence-corrected chi connectivity index (χ4v) is 2.05. The lowest BCUT2D eigenvalue weighted by molar-refractivity contribution is 0.0981. The van der Waals surface area contributed by atoms with Crippen molar-refractivity contribution in [3.8, 4) is 0 Å². The zero-order chi connectivity index (χ0) is 16.2. The molecule has 0 saturated heterocycles. The van der Waals surface area contributed by atoms with Crippen LogP contribution >= 0.6 is 23.2 Å². The molecule has 116 valence electrons. The molecule has 0 amide bonds. The van der Waals surface area contributed by atoms with Crippen LogP contribution in [0, 0.1) is 0 Å². The van der Waals surface area contributed by atoms with Crippen LogP contribution in [0.3, 0.4) is 0 Å². The quantitative estimate of drug-likeness (QED) is 0.549. The van der Waals surface area contributed by atoms with E-state index >= 15 is 0 Å². The summed E-state index contributed by atoms with van der Waals surface area (Å²) in [7, 11) is 0. The third-order valence-electron chi connectivity index (χ3n) is 2.83. The zero-order valence-electron chi connectivity index (χ0n) is 12.2. The highest BCUT2D eigenvalue weighted by molar-refractivity contribution is 6.20. The fraction of sp³-hybridized carbons (Fsp3) is 0.222. The normalized spacial score (nSPS) is 9.55. The number of rotatable bonds is 6. The van der Waals surface area contributed by atoms with Gasteiger partial charge in [-0.2, -0.15) is 0 Å². The Balaban J connectivity index is 0.000000220. The molecule has 0 aliphatic heterocycles. The van der Waals surface area contributed by atoms with E-state index in [1.165, 1.54) is 0 Å². The maximum atomic E-state index is 11.2. The molecular formula is C18H18Cl2O2. The van der Waals surface area contributed by atoms with E-state index in [1.54, 1.807) is 24.3 Å². The van der Waals surface area contributed by atoms with E-state index in [4.69, 9.17) is 23.2 Å². The van der Waals surface area contributed by atoms with Gasteiger partial charge >= 0.3 is 0 Å². The number of hydrogen-bond donors (Lipinski definition) is 0. The van der Waals surface area contributed by atoms with Crippen molar-refractivity contribution in [1.29, 1.82) is 0 Å². The zero-order valence-corrected chi connectivity index (χ0v) is 13.7. The van der Waals surface area contributed by atoms with E-state index in [2.05, 4.69) is 0 Å². The molecule has 4 heteroatoms. The number of halogens is 2. The average molecular weight is 337 g/mol. The summed E-state index contributed by atoms with van der Waals surface area (Å²) in [5.74, 6) is 1.02. The molecule has 0 fully saturated rings. The Hall–Kier alpha value is -1.64. The predicted octanol–water partition coefficient (Wildman–Crippen LogP) is 5.00. The van der Waals surface area contributed by atoms with Gasteiger partial charge in [0.1, 0.15) is 0 Å².